The van der Waals surface area contributed by atoms with Crippen LogP contribution in [0.25, 0.3) is 0 Å². The molecule has 1 unspecified atom stereocenters. The van der Waals surface area contributed by atoms with Crippen LogP contribution in [0.15, 0.2) is 42.5 Å². The maximum atomic E-state index is 12.2. The van der Waals surface area contributed by atoms with E-state index in [1.807, 2.05) is 0 Å². The average molecular weight is 463 g/mol. The fourth-order valence-electron chi connectivity index (χ4n) is 3.16. The zero-order valence-corrected chi connectivity index (χ0v) is 18.2. The van der Waals surface area contributed by atoms with E-state index in [-0.39, 0.29) is 36.8 Å². The van der Waals surface area contributed by atoms with Crippen molar-refractivity contribution in [3.05, 3.63) is 69.2 Å². The summed E-state index contributed by atoms with van der Waals surface area (Å²) in [7, 11) is 0. The van der Waals surface area contributed by atoms with Gasteiger partial charge < -0.3 is 10.1 Å². The third-order valence-electron chi connectivity index (χ3n) is 4.83. The van der Waals surface area contributed by atoms with Crippen LogP contribution in [0.4, 0.5) is 0 Å². The Bertz CT molecular complexity index is 1010. The summed E-state index contributed by atoms with van der Waals surface area (Å²) in [4.78, 5) is 48.9. The Morgan fingerprint density at radius 1 is 1.06 bits per heavy atom. The molecule has 0 radical (unpaired) electrons. The lowest BCUT2D eigenvalue weighted by atomic mass is 10.1. The van der Waals surface area contributed by atoms with Gasteiger partial charge in [0.15, 0.2) is 6.61 Å². The van der Waals surface area contributed by atoms with Gasteiger partial charge in [0.05, 0.1) is 18.2 Å². The number of nitrogens with one attached hydrogen (secondary N) is 1. The Morgan fingerprint density at radius 2 is 1.71 bits per heavy atom. The van der Waals surface area contributed by atoms with E-state index in [0.717, 1.165) is 0 Å². The number of esters is 1. The van der Waals surface area contributed by atoms with Gasteiger partial charge in [0.2, 0.25) is 11.8 Å². The number of imide groups is 1. The minimum Gasteiger partial charge on any atom is -0.452 e. The molecule has 1 fully saturated rings. The minimum atomic E-state index is -0.660. The van der Waals surface area contributed by atoms with Crippen molar-refractivity contribution in [3.63, 3.8) is 0 Å². The zero-order chi connectivity index (χ0) is 22.5. The average Bonchev–Trinajstić information content (AvgIpc) is 3.04. The predicted octanol–water partition coefficient (Wildman–Crippen LogP) is 3.68. The molecule has 3 rings (SSSR count). The lowest BCUT2D eigenvalue weighted by Gasteiger charge is -2.16. The molecule has 9 heteroatoms. The molecule has 2 aromatic carbocycles. The third-order valence-corrected chi connectivity index (χ3v) is 5.39. The summed E-state index contributed by atoms with van der Waals surface area (Å²) in [6.07, 6.45) is 0.461. The smallest absolute Gasteiger partial charge is 0.338 e. The van der Waals surface area contributed by atoms with Crippen LogP contribution in [0.5, 0.6) is 0 Å². The van der Waals surface area contributed by atoms with E-state index in [4.69, 9.17) is 27.9 Å². The highest BCUT2D eigenvalue weighted by molar-refractivity contribution is 6.35. The van der Waals surface area contributed by atoms with Gasteiger partial charge in [0.1, 0.15) is 0 Å². The van der Waals surface area contributed by atoms with Crippen LogP contribution in [0.3, 0.4) is 0 Å². The molecule has 31 heavy (non-hydrogen) atoms. The van der Waals surface area contributed by atoms with Crippen molar-refractivity contribution in [1.82, 2.24) is 10.2 Å². The molecule has 1 aliphatic heterocycles. The summed E-state index contributed by atoms with van der Waals surface area (Å²) < 4.78 is 5.06. The first-order chi connectivity index (χ1) is 14.7. The van der Waals surface area contributed by atoms with Crippen LogP contribution >= 0.6 is 23.2 Å². The number of hydrogen-bond donors (Lipinski definition) is 1. The second-order valence-corrected chi connectivity index (χ2v) is 7.95. The van der Waals surface area contributed by atoms with Crippen LogP contribution in [0.1, 0.15) is 47.3 Å². The molecule has 0 bridgehead atoms. The molecule has 0 saturated carbocycles. The summed E-state index contributed by atoms with van der Waals surface area (Å²) in [5, 5.41) is 3.63. The van der Waals surface area contributed by atoms with Crippen molar-refractivity contribution in [1.29, 1.82) is 0 Å². The molecule has 0 aliphatic carbocycles. The Balaban J connectivity index is 1.50. The quantitative estimate of drug-likeness (QED) is 0.500. The maximum Gasteiger partial charge on any atom is 0.338 e. The molecular weight excluding hydrogens is 443 g/mol. The number of amides is 3. The normalized spacial score (nSPS) is 14.5. The Labute approximate surface area is 189 Å². The van der Waals surface area contributed by atoms with Gasteiger partial charge in [-0.1, -0.05) is 41.4 Å². The summed E-state index contributed by atoms with van der Waals surface area (Å²) in [5.74, 6) is -1.54. The van der Waals surface area contributed by atoms with Gasteiger partial charge in [-0.05, 0) is 42.3 Å². The first-order valence-electron chi connectivity index (χ1n) is 9.58. The van der Waals surface area contributed by atoms with E-state index >= 15 is 0 Å². The molecule has 0 aromatic heterocycles. The highest BCUT2D eigenvalue weighted by atomic mass is 35.5. The summed E-state index contributed by atoms with van der Waals surface area (Å²) in [5.41, 5.74) is 1.66. The number of ether oxygens (including phenoxy) is 1. The topological polar surface area (TPSA) is 92.8 Å². The lowest BCUT2D eigenvalue weighted by molar-refractivity contribution is -0.139. The van der Waals surface area contributed by atoms with Crippen LogP contribution in [0, 0.1) is 0 Å². The fourth-order valence-corrected chi connectivity index (χ4v) is 3.73. The van der Waals surface area contributed by atoms with Crippen molar-refractivity contribution in [2.24, 2.45) is 0 Å². The van der Waals surface area contributed by atoms with Crippen LogP contribution < -0.4 is 5.32 Å². The molecule has 162 valence electrons. The lowest BCUT2D eigenvalue weighted by Crippen LogP contribution is -2.31. The van der Waals surface area contributed by atoms with E-state index in [1.54, 1.807) is 37.3 Å². The van der Waals surface area contributed by atoms with Crippen molar-refractivity contribution in [2.45, 2.75) is 32.4 Å². The van der Waals surface area contributed by atoms with E-state index < -0.39 is 24.5 Å². The number of benzene rings is 2. The molecule has 1 heterocycles. The second kappa shape index (κ2) is 9.94. The van der Waals surface area contributed by atoms with Crippen molar-refractivity contribution in [2.75, 3.05) is 6.61 Å². The molecule has 2 aromatic rings. The third kappa shape index (κ3) is 5.83. The van der Waals surface area contributed by atoms with Gasteiger partial charge in [0, 0.05) is 22.9 Å². The molecule has 1 N–H and O–H groups in total. The Kier molecular flexibility index (Phi) is 7.30. The number of carbonyl (C=O) groups excluding carboxylic acids is 4. The maximum absolute atomic E-state index is 12.2. The number of halogens is 2. The first-order valence-corrected chi connectivity index (χ1v) is 10.3. The van der Waals surface area contributed by atoms with E-state index in [1.165, 1.54) is 17.0 Å². The van der Waals surface area contributed by atoms with Gasteiger partial charge in [-0.25, -0.2) is 4.79 Å². The number of carbonyl (C=O) groups is 4. The molecular formula is C22H20Cl2N2O5. The number of hydrogen-bond acceptors (Lipinski definition) is 5. The van der Waals surface area contributed by atoms with Gasteiger partial charge in [0.25, 0.3) is 5.91 Å². The SMILES string of the molecule is CC(NC(=O)COC(=O)c1ccc(CN2C(=O)CCC2=O)cc1)c1ccc(Cl)cc1Cl. The number of likely N-dealkylation sites (tertiary alicyclic amines) is 1. The standard InChI is InChI=1S/C22H20Cl2N2O5/c1-13(17-7-6-16(23)10-18(17)24)25-19(27)12-31-22(30)15-4-2-14(3-5-15)11-26-20(28)8-9-21(26)29/h2-7,10,13H,8-9,11-12H2,1H3,(H,25,27). The van der Waals surface area contributed by atoms with Crippen molar-refractivity contribution < 1.29 is 23.9 Å². The predicted molar refractivity (Wildman–Crippen MR) is 115 cm³/mol. The van der Waals surface area contributed by atoms with Gasteiger partial charge >= 0.3 is 5.97 Å². The fraction of sp³-hybridized carbons (Fsp3) is 0.273. The van der Waals surface area contributed by atoms with Crippen molar-refractivity contribution >= 4 is 46.9 Å². The van der Waals surface area contributed by atoms with Gasteiger partial charge in [-0.15, -0.1) is 0 Å². The highest BCUT2D eigenvalue weighted by Gasteiger charge is 2.28. The van der Waals surface area contributed by atoms with E-state index in [9.17, 15) is 19.2 Å². The number of nitrogens with zero attached hydrogens (tertiary/aromatic N) is 1. The van der Waals surface area contributed by atoms with Crippen molar-refractivity contribution in [3.8, 4) is 0 Å². The summed E-state index contributed by atoms with van der Waals surface area (Å²) in [6.45, 7) is 1.47. The van der Waals surface area contributed by atoms with Gasteiger partial charge in [-0.2, -0.15) is 0 Å². The Morgan fingerprint density at radius 3 is 2.32 bits per heavy atom. The molecule has 1 atom stereocenters. The molecule has 1 saturated heterocycles. The highest BCUT2D eigenvalue weighted by Crippen LogP contribution is 2.26. The minimum absolute atomic E-state index is 0.167. The number of rotatable bonds is 7. The summed E-state index contributed by atoms with van der Waals surface area (Å²) in [6, 6.07) is 10.9. The largest absolute Gasteiger partial charge is 0.452 e. The van der Waals surface area contributed by atoms with E-state index in [0.29, 0.717) is 21.2 Å². The van der Waals surface area contributed by atoms with Crippen LogP contribution in [-0.2, 0) is 25.7 Å². The zero-order valence-electron chi connectivity index (χ0n) is 16.7. The first kappa shape index (κ1) is 22.8. The molecule has 0 spiro atoms. The van der Waals surface area contributed by atoms with E-state index in [2.05, 4.69) is 5.32 Å². The van der Waals surface area contributed by atoms with Gasteiger partial charge in [-0.3, -0.25) is 19.3 Å². The Hall–Kier alpha value is -2.90. The van der Waals surface area contributed by atoms with Crippen LogP contribution in [0.2, 0.25) is 10.0 Å². The molecule has 3 amide bonds. The van der Waals surface area contributed by atoms with Crippen LogP contribution in [-0.4, -0.2) is 35.2 Å². The monoisotopic (exact) mass is 462 g/mol. The molecule has 7 nitrogen and oxygen atoms in total. The summed E-state index contributed by atoms with van der Waals surface area (Å²) >= 11 is 12.0. The second-order valence-electron chi connectivity index (χ2n) is 7.10. The molecule has 1 aliphatic rings.